The molecule has 0 aliphatic carbocycles. The van der Waals surface area contributed by atoms with Gasteiger partial charge in [0.1, 0.15) is 0 Å². The maximum absolute atomic E-state index is 5.17. The van der Waals surface area contributed by atoms with Gasteiger partial charge in [-0.1, -0.05) is 0 Å². The van der Waals surface area contributed by atoms with Gasteiger partial charge < -0.3 is 15.0 Å². The second kappa shape index (κ2) is 6.57. The molecule has 20 heavy (non-hydrogen) atoms. The summed E-state index contributed by atoms with van der Waals surface area (Å²) >= 11 is 0. The lowest BCUT2D eigenvalue weighted by Gasteiger charge is -2.22. The van der Waals surface area contributed by atoms with Crippen molar-refractivity contribution in [3.8, 4) is 0 Å². The topological polar surface area (TPSA) is 37.4 Å². The first-order valence-corrected chi connectivity index (χ1v) is 7.08. The van der Waals surface area contributed by atoms with E-state index in [4.69, 9.17) is 4.74 Å². The van der Waals surface area contributed by atoms with E-state index in [0.29, 0.717) is 6.61 Å². The molecule has 0 atom stereocenters. The van der Waals surface area contributed by atoms with E-state index in [0.717, 1.165) is 35.4 Å². The highest BCUT2D eigenvalue weighted by Crippen LogP contribution is 2.28. The van der Waals surface area contributed by atoms with E-state index in [1.54, 1.807) is 7.11 Å². The number of benzene rings is 1. The number of methoxy groups -OCH3 is 1. The average Bonchev–Trinajstić information content (AvgIpc) is 2.48. The summed E-state index contributed by atoms with van der Waals surface area (Å²) < 4.78 is 5.17. The van der Waals surface area contributed by atoms with Gasteiger partial charge >= 0.3 is 0 Å². The molecule has 0 aliphatic heterocycles. The lowest BCUT2D eigenvalue weighted by Crippen LogP contribution is -2.21. The molecule has 1 aromatic heterocycles. The van der Waals surface area contributed by atoms with Gasteiger partial charge in [0.2, 0.25) is 0 Å². The molecule has 4 heteroatoms. The number of nitrogens with one attached hydrogen (secondary N) is 1. The molecule has 2 rings (SSSR count). The molecule has 0 amide bonds. The van der Waals surface area contributed by atoms with Gasteiger partial charge in [-0.05, 0) is 38.1 Å². The van der Waals surface area contributed by atoms with Crippen molar-refractivity contribution in [2.75, 3.05) is 37.5 Å². The summed E-state index contributed by atoms with van der Waals surface area (Å²) in [6.07, 6.45) is 0. The predicted octanol–water partition coefficient (Wildman–Crippen LogP) is 3.27. The second-order valence-corrected chi connectivity index (χ2v) is 4.72. The van der Waals surface area contributed by atoms with E-state index < -0.39 is 0 Å². The summed E-state index contributed by atoms with van der Waals surface area (Å²) in [5.74, 6) is 0. The van der Waals surface area contributed by atoms with E-state index in [9.17, 15) is 0 Å². The average molecular weight is 273 g/mol. The fourth-order valence-corrected chi connectivity index (χ4v) is 2.48. The zero-order chi connectivity index (χ0) is 14.5. The number of ether oxygens (including phenoxy) is 1. The molecule has 2 aromatic rings. The molecule has 0 radical (unpaired) electrons. The van der Waals surface area contributed by atoms with Crippen LogP contribution in [0.1, 0.15) is 19.5 Å². The van der Waals surface area contributed by atoms with E-state index in [1.165, 1.54) is 5.69 Å². The SMILES string of the molecule is CCN(CC)c1ccc2nc(COC)cc(NC)c2c1. The number of pyridine rings is 1. The van der Waals surface area contributed by atoms with Gasteiger partial charge in [-0.25, -0.2) is 0 Å². The smallest absolute Gasteiger partial charge is 0.0885 e. The van der Waals surface area contributed by atoms with Gasteiger partial charge in [0.05, 0.1) is 17.8 Å². The van der Waals surface area contributed by atoms with Gasteiger partial charge in [-0.3, -0.25) is 4.98 Å². The molecule has 1 heterocycles. The second-order valence-electron chi connectivity index (χ2n) is 4.72. The first-order valence-electron chi connectivity index (χ1n) is 7.08. The fraction of sp³-hybridized carbons (Fsp3) is 0.438. The Hall–Kier alpha value is -1.81. The third-order valence-corrected chi connectivity index (χ3v) is 3.54. The number of rotatable bonds is 6. The Morgan fingerprint density at radius 2 is 1.95 bits per heavy atom. The molecular weight excluding hydrogens is 250 g/mol. The third kappa shape index (κ3) is 2.85. The lowest BCUT2D eigenvalue weighted by atomic mass is 10.1. The van der Waals surface area contributed by atoms with Crippen LogP contribution in [0, 0.1) is 0 Å². The highest BCUT2D eigenvalue weighted by atomic mass is 16.5. The Kier molecular flexibility index (Phi) is 4.79. The predicted molar refractivity (Wildman–Crippen MR) is 85.6 cm³/mol. The Balaban J connectivity index is 2.53. The zero-order valence-electron chi connectivity index (χ0n) is 12.7. The molecule has 0 aliphatic rings. The van der Waals surface area contributed by atoms with Crippen LogP contribution in [0.15, 0.2) is 24.3 Å². The molecule has 0 unspecified atom stereocenters. The van der Waals surface area contributed by atoms with Crippen molar-refractivity contribution in [2.45, 2.75) is 20.5 Å². The Bertz CT molecular complexity index is 579. The fourth-order valence-electron chi connectivity index (χ4n) is 2.48. The quantitative estimate of drug-likeness (QED) is 0.876. The van der Waals surface area contributed by atoms with Crippen molar-refractivity contribution in [1.82, 2.24) is 4.98 Å². The Morgan fingerprint density at radius 1 is 1.20 bits per heavy atom. The first kappa shape index (κ1) is 14.6. The summed E-state index contributed by atoms with van der Waals surface area (Å²) in [4.78, 5) is 6.98. The highest BCUT2D eigenvalue weighted by molar-refractivity contribution is 5.93. The van der Waals surface area contributed by atoms with Crippen LogP contribution < -0.4 is 10.2 Å². The van der Waals surface area contributed by atoms with Crippen LogP contribution in [-0.4, -0.2) is 32.2 Å². The molecule has 0 bridgehead atoms. The molecular formula is C16H23N3O. The van der Waals surface area contributed by atoms with Crippen LogP contribution in [0.3, 0.4) is 0 Å². The molecule has 108 valence electrons. The van der Waals surface area contributed by atoms with Crippen molar-refractivity contribution in [3.63, 3.8) is 0 Å². The van der Waals surface area contributed by atoms with E-state index in [1.807, 2.05) is 7.05 Å². The van der Waals surface area contributed by atoms with Gasteiger partial charge in [-0.15, -0.1) is 0 Å². The van der Waals surface area contributed by atoms with Crippen molar-refractivity contribution >= 4 is 22.3 Å². The first-order chi connectivity index (χ1) is 9.73. The van der Waals surface area contributed by atoms with E-state index in [2.05, 4.69) is 53.3 Å². The van der Waals surface area contributed by atoms with E-state index in [-0.39, 0.29) is 0 Å². The van der Waals surface area contributed by atoms with Gasteiger partial charge in [0.25, 0.3) is 0 Å². The molecule has 4 nitrogen and oxygen atoms in total. The number of aromatic nitrogens is 1. The van der Waals surface area contributed by atoms with Crippen LogP contribution in [0.4, 0.5) is 11.4 Å². The van der Waals surface area contributed by atoms with Crippen LogP contribution in [-0.2, 0) is 11.3 Å². The number of fused-ring (bicyclic) bond motifs is 1. The summed E-state index contributed by atoms with van der Waals surface area (Å²) in [7, 11) is 3.63. The Labute approximate surface area is 120 Å². The summed E-state index contributed by atoms with van der Waals surface area (Å²) in [6, 6.07) is 8.48. The highest BCUT2D eigenvalue weighted by Gasteiger charge is 2.08. The zero-order valence-corrected chi connectivity index (χ0v) is 12.7. The van der Waals surface area contributed by atoms with Crippen molar-refractivity contribution < 1.29 is 4.74 Å². The Morgan fingerprint density at radius 3 is 2.55 bits per heavy atom. The van der Waals surface area contributed by atoms with Gasteiger partial charge in [0.15, 0.2) is 0 Å². The maximum atomic E-state index is 5.17. The largest absolute Gasteiger partial charge is 0.388 e. The standard InChI is InChI=1S/C16H23N3O/c1-5-19(6-2)13-7-8-15-14(10-13)16(17-3)9-12(18-15)11-20-4/h7-10H,5-6,11H2,1-4H3,(H,17,18). The van der Waals surface area contributed by atoms with Crippen LogP contribution in [0.2, 0.25) is 0 Å². The molecule has 1 N–H and O–H groups in total. The summed E-state index contributed by atoms with van der Waals surface area (Å²) in [6.45, 7) is 6.89. The summed E-state index contributed by atoms with van der Waals surface area (Å²) in [5.41, 5.74) is 4.27. The van der Waals surface area contributed by atoms with E-state index >= 15 is 0 Å². The van der Waals surface area contributed by atoms with Crippen LogP contribution in [0.25, 0.3) is 10.9 Å². The minimum Gasteiger partial charge on any atom is -0.388 e. The van der Waals surface area contributed by atoms with Crippen molar-refractivity contribution in [3.05, 3.63) is 30.0 Å². The lowest BCUT2D eigenvalue weighted by molar-refractivity contribution is 0.182. The van der Waals surface area contributed by atoms with Gasteiger partial charge in [0, 0.05) is 44.0 Å². The van der Waals surface area contributed by atoms with Crippen molar-refractivity contribution in [2.24, 2.45) is 0 Å². The molecule has 0 spiro atoms. The van der Waals surface area contributed by atoms with Gasteiger partial charge in [-0.2, -0.15) is 0 Å². The van der Waals surface area contributed by atoms with Crippen LogP contribution >= 0.6 is 0 Å². The molecule has 0 saturated carbocycles. The monoisotopic (exact) mass is 273 g/mol. The van der Waals surface area contributed by atoms with Crippen LogP contribution in [0.5, 0.6) is 0 Å². The number of hydrogen-bond acceptors (Lipinski definition) is 4. The molecule has 0 fully saturated rings. The van der Waals surface area contributed by atoms with Crippen molar-refractivity contribution in [1.29, 1.82) is 0 Å². The number of nitrogens with zero attached hydrogens (tertiary/aromatic N) is 2. The minimum absolute atomic E-state index is 0.530. The third-order valence-electron chi connectivity index (χ3n) is 3.54. The normalized spacial score (nSPS) is 10.8. The summed E-state index contributed by atoms with van der Waals surface area (Å²) in [5, 5.41) is 4.41. The maximum Gasteiger partial charge on any atom is 0.0885 e. The molecule has 0 saturated heterocycles. The number of hydrogen-bond donors (Lipinski definition) is 1. The number of anilines is 2. The minimum atomic E-state index is 0.530. The molecule has 1 aromatic carbocycles.